The van der Waals surface area contributed by atoms with Crippen LogP contribution in [-0.2, 0) is 32.3 Å². The maximum atomic E-state index is 13.7. The molecule has 0 saturated heterocycles. The number of rotatable bonds is 76. The predicted molar refractivity (Wildman–Crippen MR) is 613 cm³/mol. The highest BCUT2D eigenvalue weighted by Crippen LogP contribution is 2.45. The van der Waals surface area contributed by atoms with Gasteiger partial charge in [-0.1, -0.05) is 517 Å². The molecular weight excluding hydrogens is 2110 g/mol. The van der Waals surface area contributed by atoms with E-state index in [1.807, 2.05) is 66.0 Å². The molecule has 2 aliphatic carbocycles. The monoisotopic (exact) mass is 2290 g/mol. The molecule has 12 nitrogen and oxygen atoms in total. The Hall–Kier alpha value is -6.86. The fourth-order valence-corrected chi connectivity index (χ4v) is 23.4. The van der Waals surface area contributed by atoms with Crippen LogP contribution in [0.1, 0.15) is 521 Å². The Kier molecular flexibility index (Phi) is 63.9. The highest BCUT2D eigenvalue weighted by molar-refractivity contribution is 9.11. The number of carbonyl (C=O) groups is 6. The van der Waals surface area contributed by atoms with Crippen molar-refractivity contribution in [2.45, 2.75) is 459 Å². The Morgan fingerprint density at radius 3 is 0.806 bits per heavy atom. The van der Waals surface area contributed by atoms with Crippen molar-refractivity contribution >= 4 is 122 Å². The highest BCUT2D eigenvalue weighted by Gasteiger charge is 2.38. The third kappa shape index (κ3) is 44.0. The van der Waals surface area contributed by atoms with Crippen molar-refractivity contribution in [1.29, 1.82) is 0 Å². The van der Waals surface area contributed by atoms with Gasteiger partial charge in [-0.2, -0.15) is 0 Å². The molecule has 17 heteroatoms. The van der Waals surface area contributed by atoms with Gasteiger partial charge in [-0.15, -0.1) is 0 Å². The smallest absolute Gasteiger partial charge is 0.309 e. The zero-order valence-corrected chi connectivity index (χ0v) is 95.7. The van der Waals surface area contributed by atoms with Crippen molar-refractivity contribution in [2.75, 3.05) is 5.32 Å². The van der Waals surface area contributed by atoms with Gasteiger partial charge in [-0.25, -0.2) is 0 Å². The lowest BCUT2D eigenvalue weighted by molar-refractivity contribution is -0.480. The van der Waals surface area contributed by atoms with Crippen LogP contribution in [0.15, 0.2) is 163 Å². The quantitative estimate of drug-likeness (QED) is 0.0123. The number of benzene rings is 8. The SMILES string of the molecule is C.CCCCCCCCCCCCCCCCCCC(CCCCCCCCCCCCCCCC)C(=O)OCc1ccc(-c2cc(Br)c(Nc3ccc(O)c4c3C(=O)c3ccccc3C4=O)c(Br)c2)cc1.CCCCCCCCCCCCCCCCCCC(CCCCCCCCCCCCCCCC)C(=O)OCc1ccc(-c2cc(Br)c([NH2+]c3ccc(O)c4c3C(=O)c3ccccc3C4=O)c(Br)c2)cc1.[Br-]. The number of phenolic OH excluding ortho intramolecular Hbond substituents is 2. The number of esters is 2. The summed E-state index contributed by atoms with van der Waals surface area (Å²) in [6.07, 6.45) is 84.0. The van der Waals surface area contributed by atoms with Crippen molar-refractivity contribution in [3.8, 4) is 33.8 Å². The average molecular weight is 2290 g/mol. The molecule has 0 amide bonds. The molecule has 2 atom stereocenters. The lowest BCUT2D eigenvalue weighted by atomic mass is 9.82. The van der Waals surface area contributed by atoms with E-state index in [-0.39, 0.29) is 124 Å². The zero-order chi connectivity index (χ0) is 101. The van der Waals surface area contributed by atoms with Gasteiger partial charge in [-0.3, -0.25) is 34.1 Å². The van der Waals surface area contributed by atoms with Crippen molar-refractivity contribution < 1.29 is 70.8 Å². The summed E-state index contributed by atoms with van der Waals surface area (Å²) in [6, 6.07) is 44.0. The van der Waals surface area contributed by atoms with E-state index in [0.29, 0.717) is 33.8 Å². The zero-order valence-electron chi connectivity index (χ0n) is 87.8. The second-order valence-corrected chi connectivity index (χ2v) is 44.5. The van der Waals surface area contributed by atoms with Crippen molar-refractivity contribution in [1.82, 2.24) is 0 Å². The lowest BCUT2D eigenvalue weighted by Gasteiger charge is -2.22. The van der Waals surface area contributed by atoms with Crippen LogP contribution in [0.3, 0.4) is 0 Å². The summed E-state index contributed by atoms with van der Waals surface area (Å²) >= 11 is 15.0. The number of quaternary nitrogens is 1. The summed E-state index contributed by atoms with van der Waals surface area (Å²) in [5.74, 6) is -1.96. The van der Waals surface area contributed by atoms with E-state index in [1.165, 1.54) is 372 Å². The predicted octanol–water partition coefficient (Wildman–Crippen LogP) is 37.0. The van der Waals surface area contributed by atoms with Crippen molar-refractivity contribution in [2.24, 2.45) is 11.8 Å². The van der Waals surface area contributed by atoms with Crippen LogP contribution in [0.25, 0.3) is 22.3 Å². The van der Waals surface area contributed by atoms with Crippen LogP contribution in [0.2, 0.25) is 0 Å². The number of unbranched alkanes of at least 4 members (excludes halogenated alkanes) is 56. The molecule has 0 spiro atoms. The molecule has 8 aromatic rings. The van der Waals surface area contributed by atoms with E-state index in [2.05, 4.69) is 109 Å². The Morgan fingerprint density at radius 2 is 0.528 bits per heavy atom. The molecule has 2 unspecified atom stereocenters. The number of phenols is 2. The number of hydrogen-bond donors (Lipinski definition) is 4. The topological polar surface area (TPSA) is 190 Å². The Balaban J connectivity index is 0.000000385. The number of anilines is 2. The normalized spacial score (nSPS) is 12.4. The number of hydrogen-bond acceptors (Lipinski definition) is 11. The highest BCUT2D eigenvalue weighted by atomic mass is 79.9. The number of aromatic hydroxyl groups is 2. The van der Waals surface area contributed by atoms with E-state index in [9.17, 15) is 39.0 Å². The fourth-order valence-electron chi connectivity index (χ4n) is 20.6. The molecule has 2 aliphatic rings. The molecule has 144 heavy (non-hydrogen) atoms. The number of halogens is 5. The Labute approximate surface area is 914 Å². The third-order valence-electron chi connectivity index (χ3n) is 29.4. The van der Waals surface area contributed by atoms with E-state index in [0.717, 1.165) is 108 Å². The minimum atomic E-state index is -0.381. The van der Waals surface area contributed by atoms with Gasteiger partial charge >= 0.3 is 11.9 Å². The molecule has 0 radical (unpaired) electrons. The number of nitrogens with two attached hydrogens (primary N) is 1. The number of fused-ring (bicyclic) bond motifs is 4. The summed E-state index contributed by atoms with van der Waals surface area (Å²) in [4.78, 5) is 81.6. The van der Waals surface area contributed by atoms with E-state index >= 15 is 0 Å². The van der Waals surface area contributed by atoms with Crippen LogP contribution in [0, 0.1) is 11.8 Å². The molecule has 0 aromatic heterocycles. The average Bonchev–Trinajstić information content (AvgIpc) is 0.744. The maximum Gasteiger partial charge on any atom is 0.309 e. The van der Waals surface area contributed by atoms with Crippen molar-refractivity contribution in [3.05, 3.63) is 219 Å². The van der Waals surface area contributed by atoms with Gasteiger partial charge in [-0.05, 0) is 165 Å². The van der Waals surface area contributed by atoms with Gasteiger partial charge in [0.1, 0.15) is 30.4 Å². The first-order valence-corrected chi connectivity index (χ1v) is 59.8. The minimum Gasteiger partial charge on any atom is -1.00 e. The van der Waals surface area contributed by atoms with Crippen LogP contribution in [0.5, 0.6) is 11.5 Å². The summed E-state index contributed by atoms with van der Waals surface area (Å²) in [5.41, 5.74) is 9.91. The molecule has 0 heterocycles. The number of nitrogens with one attached hydrogen (secondary N) is 1. The van der Waals surface area contributed by atoms with E-state index in [1.54, 1.807) is 60.7 Å². The summed E-state index contributed by atoms with van der Waals surface area (Å²) < 4.78 is 15.2. The molecule has 0 fully saturated rings. The number of ether oxygens (including phenoxy) is 2. The van der Waals surface area contributed by atoms with Crippen LogP contribution in [0.4, 0.5) is 22.7 Å². The second-order valence-electron chi connectivity index (χ2n) is 41.1. The van der Waals surface area contributed by atoms with Gasteiger partial charge in [0.2, 0.25) is 5.78 Å². The molecule has 792 valence electrons. The maximum absolute atomic E-state index is 13.7. The van der Waals surface area contributed by atoms with Gasteiger partial charge in [0.05, 0.1) is 54.4 Å². The first-order chi connectivity index (χ1) is 69.5. The fraction of sp³-hybridized carbons (Fsp3) is 0.575. The Bertz CT molecular complexity index is 4670. The minimum absolute atomic E-state index is 0. The van der Waals surface area contributed by atoms with Crippen LogP contribution >= 0.6 is 63.7 Å². The lowest BCUT2D eigenvalue weighted by Crippen LogP contribution is -3.00. The molecular formula is C127H179Br5N2O10. The summed E-state index contributed by atoms with van der Waals surface area (Å²) in [7, 11) is 0. The molecule has 5 N–H and O–H groups in total. The molecule has 0 saturated carbocycles. The van der Waals surface area contributed by atoms with Crippen LogP contribution < -0.4 is 27.6 Å². The van der Waals surface area contributed by atoms with Gasteiger partial charge in [0.15, 0.2) is 23.0 Å². The van der Waals surface area contributed by atoms with E-state index in [4.69, 9.17) is 9.47 Å². The Morgan fingerprint density at radius 1 is 0.292 bits per heavy atom. The standard InChI is InChI=1S/2C63H87Br2NO5.CH4.BrH/c2*1-3-5-7-9-11-13-15-17-19-20-22-24-26-28-30-32-36-50(35-31-29-27-25-23-21-18-16-14-12-10-8-6-4-2)63(70)71-47-48-39-41-49(42-40-48)51-45-54(64)60(55(65)46-51)66-56-43-44-57(67)59-58(56)61(68)52-37-33-34-38-53(52)62(59)69;;/h2*33-34,37-46,50,66-67H,3-32,35-36,47H2,1-2H3;1H4;1H. The largest absolute Gasteiger partial charge is 1.00 e. The molecule has 8 aromatic carbocycles. The van der Waals surface area contributed by atoms with Gasteiger partial charge < -0.3 is 42.0 Å². The van der Waals surface area contributed by atoms with E-state index < -0.39 is 0 Å². The first-order valence-electron chi connectivity index (χ1n) is 56.7. The second kappa shape index (κ2) is 74.1. The number of ketones is 4. The molecule has 0 bridgehead atoms. The molecule has 10 rings (SSSR count). The van der Waals surface area contributed by atoms with Gasteiger partial charge in [0, 0.05) is 37.3 Å². The third-order valence-corrected chi connectivity index (χ3v) is 32.0. The molecule has 0 aliphatic heterocycles. The van der Waals surface area contributed by atoms with Crippen LogP contribution in [-0.4, -0.2) is 45.3 Å². The van der Waals surface area contributed by atoms with Crippen molar-refractivity contribution in [3.63, 3.8) is 0 Å². The summed E-state index contributed by atoms with van der Waals surface area (Å²) in [6.45, 7) is 9.66. The first kappa shape index (κ1) is 124. The number of carbonyl (C=O) groups excluding carboxylic acids is 6. The summed E-state index contributed by atoms with van der Waals surface area (Å²) in [5, 5.41) is 26.6. The van der Waals surface area contributed by atoms with Gasteiger partial charge in [0.25, 0.3) is 0 Å².